The maximum atomic E-state index is 12.3. The molecule has 104 valence electrons. The summed E-state index contributed by atoms with van der Waals surface area (Å²) in [6.45, 7) is 3.89. The van der Waals surface area contributed by atoms with Crippen LogP contribution in [-0.2, 0) is 13.0 Å². The van der Waals surface area contributed by atoms with E-state index in [9.17, 15) is 4.79 Å². The average molecular weight is 286 g/mol. The first-order valence-electron chi connectivity index (χ1n) is 6.89. The molecule has 3 nitrogen and oxygen atoms in total. The van der Waals surface area contributed by atoms with Gasteiger partial charge < -0.3 is 10.6 Å². The molecule has 20 heavy (non-hydrogen) atoms. The zero-order valence-electron chi connectivity index (χ0n) is 11.5. The predicted octanol–water partition coefficient (Wildman–Crippen LogP) is 2.88. The minimum absolute atomic E-state index is 0.00271. The second-order valence-corrected chi connectivity index (χ2v) is 5.94. The number of hydrogen-bond acceptors (Lipinski definition) is 3. The van der Waals surface area contributed by atoms with Gasteiger partial charge in [0.15, 0.2) is 0 Å². The standard InChI is InChI=1S/C16H18N2OS/c1-11(14-5-7-20-10-14)18-16(19)13-3-2-12-4-6-17-9-15(12)8-13/h2-3,5,7-8,10-11,17H,4,6,9H2,1H3,(H,18,19). The summed E-state index contributed by atoms with van der Waals surface area (Å²) in [6.07, 6.45) is 1.04. The summed E-state index contributed by atoms with van der Waals surface area (Å²) < 4.78 is 0. The van der Waals surface area contributed by atoms with Gasteiger partial charge >= 0.3 is 0 Å². The van der Waals surface area contributed by atoms with Crippen LogP contribution in [0.3, 0.4) is 0 Å². The van der Waals surface area contributed by atoms with Crippen molar-refractivity contribution in [2.24, 2.45) is 0 Å². The molecule has 2 aromatic rings. The summed E-state index contributed by atoms with van der Waals surface area (Å²) in [5.41, 5.74) is 4.50. The SMILES string of the molecule is CC(NC(=O)c1ccc2c(c1)CNCC2)c1ccsc1. The van der Waals surface area contributed by atoms with E-state index in [0.717, 1.165) is 30.6 Å². The molecule has 0 radical (unpaired) electrons. The molecule has 3 rings (SSSR count). The van der Waals surface area contributed by atoms with Gasteiger partial charge in [-0.2, -0.15) is 11.3 Å². The van der Waals surface area contributed by atoms with Crippen LogP contribution in [0.1, 0.15) is 40.0 Å². The van der Waals surface area contributed by atoms with Gasteiger partial charge in [0.25, 0.3) is 5.91 Å². The van der Waals surface area contributed by atoms with E-state index in [0.29, 0.717) is 0 Å². The highest BCUT2D eigenvalue weighted by molar-refractivity contribution is 7.07. The van der Waals surface area contributed by atoms with Crippen LogP contribution in [-0.4, -0.2) is 12.5 Å². The lowest BCUT2D eigenvalue weighted by molar-refractivity contribution is 0.0940. The van der Waals surface area contributed by atoms with Crippen molar-refractivity contribution in [3.05, 3.63) is 57.3 Å². The molecule has 1 atom stereocenters. The van der Waals surface area contributed by atoms with Crippen molar-refractivity contribution in [3.63, 3.8) is 0 Å². The fourth-order valence-corrected chi connectivity index (χ4v) is 3.26. The van der Waals surface area contributed by atoms with Gasteiger partial charge in [0.05, 0.1) is 6.04 Å². The van der Waals surface area contributed by atoms with Crippen LogP contribution in [0.5, 0.6) is 0 Å². The van der Waals surface area contributed by atoms with Crippen molar-refractivity contribution in [1.29, 1.82) is 0 Å². The first-order valence-corrected chi connectivity index (χ1v) is 7.84. The Labute approximate surface area is 123 Å². The van der Waals surface area contributed by atoms with E-state index >= 15 is 0 Å². The molecule has 0 saturated carbocycles. The van der Waals surface area contributed by atoms with Crippen LogP contribution in [0, 0.1) is 0 Å². The number of thiophene rings is 1. The monoisotopic (exact) mass is 286 g/mol. The number of nitrogens with one attached hydrogen (secondary N) is 2. The third-order valence-corrected chi connectivity index (χ3v) is 4.45. The molecule has 2 N–H and O–H groups in total. The molecule has 0 spiro atoms. The Kier molecular flexibility index (Phi) is 3.85. The van der Waals surface area contributed by atoms with E-state index < -0.39 is 0 Å². The predicted molar refractivity (Wildman–Crippen MR) is 82.1 cm³/mol. The minimum atomic E-state index is -0.00271. The summed E-state index contributed by atoms with van der Waals surface area (Å²) >= 11 is 1.65. The van der Waals surface area contributed by atoms with Crippen molar-refractivity contribution in [2.75, 3.05) is 6.54 Å². The summed E-state index contributed by atoms with van der Waals surface area (Å²) in [4.78, 5) is 12.3. The number of carbonyl (C=O) groups is 1. The van der Waals surface area contributed by atoms with Gasteiger partial charge in [-0.05, 0) is 65.5 Å². The molecule has 0 fully saturated rings. The van der Waals surface area contributed by atoms with E-state index in [1.165, 1.54) is 11.1 Å². The highest BCUT2D eigenvalue weighted by Gasteiger charge is 2.15. The minimum Gasteiger partial charge on any atom is -0.345 e. The second kappa shape index (κ2) is 5.77. The van der Waals surface area contributed by atoms with Gasteiger partial charge in [-0.15, -0.1) is 0 Å². The molecule has 1 unspecified atom stereocenters. The number of benzene rings is 1. The Hall–Kier alpha value is -1.65. The Morgan fingerprint density at radius 3 is 3.05 bits per heavy atom. The lowest BCUT2D eigenvalue weighted by Gasteiger charge is -2.18. The number of fused-ring (bicyclic) bond motifs is 1. The van der Waals surface area contributed by atoms with Crippen molar-refractivity contribution < 1.29 is 4.79 Å². The molecule has 2 heterocycles. The Morgan fingerprint density at radius 2 is 2.25 bits per heavy atom. The normalized spacial score (nSPS) is 15.4. The summed E-state index contributed by atoms with van der Waals surface area (Å²) in [5, 5.41) is 10.5. The molecule has 1 aliphatic heterocycles. The quantitative estimate of drug-likeness (QED) is 0.911. The van der Waals surface area contributed by atoms with Crippen molar-refractivity contribution in [3.8, 4) is 0 Å². The van der Waals surface area contributed by atoms with Gasteiger partial charge in [-0.1, -0.05) is 6.07 Å². The van der Waals surface area contributed by atoms with E-state index in [-0.39, 0.29) is 11.9 Å². The summed E-state index contributed by atoms with van der Waals surface area (Å²) in [6, 6.07) is 8.12. The molecule has 0 aliphatic carbocycles. The number of amides is 1. The Balaban J connectivity index is 1.74. The number of hydrogen-bond donors (Lipinski definition) is 2. The van der Waals surface area contributed by atoms with Crippen molar-refractivity contribution in [1.82, 2.24) is 10.6 Å². The van der Waals surface area contributed by atoms with Crippen LogP contribution < -0.4 is 10.6 Å². The van der Waals surface area contributed by atoms with Crippen molar-refractivity contribution in [2.45, 2.75) is 25.9 Å². The summed E-state index contributed by atoms with van der Waals surface area (Å²) in [5.74, 6) is -0.00271. The highest BCUT2D eigenvalue weighted by Crippen LogP contribution is 2.18. The second-order valence-electron chi connectivity index (χ2n) is 5.16. The molecule has 4 heteroatoms. The van der Waals surface area contributed by atoms with E-state index in [4.69, 9.17) is 0 Å². The van der Waals surface area contributed by atoms with Crippen LogP contribution in [0.2, 0.25) is 0 Å². The van der Waals surface area contributed by atoms with Gasteiger partial charge in [0, 0.05) is 12.1 Å². The molecule has 1 aliphatic rings. The van der Waals surface area contributed by atoms with Gasteiger partial charge in [0.1, 0.15) is 0 Å². The Morgan fingerprint density at radius 1 is 1.35 bits per heavy atom. The fourth-order valence-electron chi connectivity index (χ4n) is 2.51. The zero-order valence-corrected chi connectivity index (χ0v) is 12.3. The zero-order chi connectivity index (χ0) is 13.9. The van der Waals surface area contributed by atoms with E-state index in [2.05, 4.69) is 22.1 Å². The maximum absolute atomic E-state index is 12.3. The topological polar surface area (TPSA) is 41.1 Å². The largest absolute Gasteiger partial charge is 0.345 e. The summed E-state index contributed by atoms with van der Waals surface area (Å²) in [7, 11) is 0. The molecular weight excluding hydrogens is 268 g/mol. The maximum Gasteiger partial charge on any atom is 0.251 e. The van der Waals surface area contributed by atoms with Crippen LogP contribution in [0.25, 0.3) is 0 Å². The molecule has 1 aromatic carbocycles. The smallest absolute Gasteiger partial charge is 0.251 e. The Bertz CT molecular complexity index is 607. The van der Waals surface area contributed by atoms with Gasteiger partial charge in [0.2, 0.25) is 0 Å². The number of rotatable bonds is 3. The van der Waals surface area contributed by atoms with E-state index in [1.807, 2.05) is 30.5 Å². The first-order chi connectivity index (χ1) is 9.74. The lowest BCUT2D eigenvalue weighted by atomic mass is 9.98. The number of carbonyl (C=O) groups excluding carboxylic acids is 1. The fraction of sp³-hybridized carbons (Fsp3) is 0.312. The molecule has 1 aromatic heterocycles. The van der Waals surface area contributed by atoms with Crippen molar-refractivity contribution >= 4 is 17.2 Å². The van der Waals surface area contributed by atoms with Crippen LogP contribution in [0.15, 0.2) is 35.0 Å². The molecule has 1 amide bonds. The van der Waals surface area contributed by atoms with Gasteiger partial charge in [-0.3, -0.25) is 4.79 Å². The molecular formula is C16H18N2OS. The molecule has 0 bridgehead atoms. The van der Waals surface area contributed by atoms with Crippen LogP contribution >= 0.6 is 11.3 Å². The third kappa shape index (κ3) is 2.76. The third-order valence-electron chi connectivity index (χ3n) is 3.75. The van der Waals surface area contributed by atoms with E-state index in [1.54, 1.807) is 11.3 Å². The van der Waals surface area contributed by atoms with Crippen LogP contribution in [0.4, 0.5) is 0 Å². The lowest BCUT2D eigenvalue weighted by Crippen LogP contribution is -2.28. The average Bonchev–Trinajstić information content (AvgIpc) is 3.01. The first kappa shape index (κ1) is 13.3. The highest BCUT2D eigenvalue weighted by atomic mass is 32.1. The van der Waals surface area contributed by atoms with Gasteiger partial charge in [-0.25, -0.2) is 0 Å². The molecule has 0 saturated heterocycles.